The molecule has 1 aliphatic carbocycles. The second-order valence-electron chi connectivity index (χ2n) is 7.31. The molecule has 3 N–H and O–H groups in total. The van der Waals surface area contributed by atoms with E-state index in [1.54, 1.807) is 31.2 Å². The first kappa shape index (κ1) is 17.4. The Bertz CT molecular complexity index is 1040. The molecule has 0 unspecified atom stereocenters. The van der Waals surface area contributed by atoms with E-state index >= 15 is 0 Å². The van der Waals surface area contributed by atoms with Gasteiger partial charge in [0, 0.05) is 22.4 Å². The van der Waals surface area contributed by atoms with Crippen molar-refractivity contribution >= 4 is 22.7 Å². The normalized spacial score (nSPS) is 21.7. The number of aliphatic hydroxyl groups is 1. The zero-order valence-electron chi connectivity index (χ0n) is 14.9. The highest BCUT2D eigenvalue weighted by atomic mass is 19.1. The number of benzene rings is 2. The van der Waals surface area contributed by atoms with Crippen molar-refractivity contribution in [2.45, 2.75) is 31.4 Å². The van der Waals surface area contributed by atoms with Crippen molar-refractivity contribution in [3.8, 4) is 17.0 Å². The monoisotopic (exact) mass is 365 g/mol. The molecule has 0 aliphatic heterocycles. The summed E-state index contributed by atoms with van der Waals surface area (Å²) >= 11 is 0. The number of anilines is 1. The molecule has 0 amide bonds. The lowest BCUT2D eigenvalue weighted by atomic mass is 9.77. The summed E-state index contributed by atoms with van der Waals surface area (Å²) in [4.78, 5) is 0. The zero-order valence-corrected chi connectivity index (χ0v) is 14.9. The lowest BCUT2D eigenvalue weighted by molar-refractivity contribution is -0.0235. The third kappa shape index (κ3) is 3.24. The molecular formula is C21H20FN3O2. The molecule has 0 atom stereocenters. The van der Waals surface area contributed by atoms with Crippen molar-refractivity contribution in [3.05, 3.63) is 54.4 Å². The number of aromatic hydroxyl groups is 1. The maximum absolute atomic E-state index is 13.9. The molecule has 1 aliphatic rings. The summed E-state index contributed by atoms with van der Waals surface area (Å²) in [6, 6.07) is 9.63. The predicted octanol–water partition coefficient (Wildman–Crippen LogP) is 4.11. The average Bonchev–Trinajstić information content (AvgIpc) is 2.60. The summed E-state index contributed by atoms with van der Waals surface area (Å²) in [7, 11) is 0. The van der Waals surface area contributed by atoms with Crippen LogP contribution in [-0.4, -0.2) is 32.1 Å². The smallest absolute Gasteiger partial charge is 0.156 e. The summed E-state index contributed by atoms with van der Waals surface area (Å²) in [6.07, 6.45) is 2.83. The minimum atomic E-state index is -0.676. The van der Waals surface area contributed by atoms with Gasteiger partial charge in [0.15, 0.2) is 5.82 Å². The van der Waals surface area contributed by atoms with Gasteiger partial charge in [-0.1, -0.05) is 18.7 Å². The molecule has 3 aromatic rings. The van der Waals surface area contributed by atoms with E-state index in [9.17, 15) is 14.6 Å². The summed E-state index contributed by atoms with van der Waals surface area (Å²) in [5, 5.41) is 33.3. The van der Waals surface area contributed by atoms with Crippen LogP contribution in [0.3, 0.4) is 0 Å². The molecule has 2 aromatic carbocycles. The minimum absolute atomic E-state index is 0.0584. The molecule has 1 fully saturated rings. The molecule has 1 saturated carbocycles. The zero-order chi connectivity index (χ0) is 19.2. The Morgan fingerprint density at radius 1 is 1.19 bits per heavy atom. The number of nitrogens with zero attached hydrogens (tertiary/aromatic N) is 2. The van der Waals surface area contributed by atoms with Gasteiger partial charge in [-0.05, 0) is 55.7 Å². The fraction of sp³-hybridized carbons (Fsp3) is 0.238. The van der Waals surface area contributed by atoms with E-state index in [2.05, 4.69) is 22.1 Å². The molecule has 27 heavy (non-hydrogen) atoms. The Kier molecular flexibility index (Phi) is 4.08. The lowest BCUT2D eigenvalue weighted by Gasteiger charge is -2.41. The van der Waals surface area contributed by atoms with E-state index in [0.29, 0.717) is 40.7 Å². The number of hydrogen-bond donors (Lipinski definition) is 3. The molecule has 0 saturated heterocycles. The molecule has 0 radical (unpaired) electrons. The van der Waals surface area contributed by atoms with E-state index in [1.165, 1.54) is 12.1 Å². The Morgan fingerprint density at radius 3 is 2.63 bits per heavy atom. The van der Waals surface area contributed by atoms with E-state index in [4.69, 9.17) is 0 Å². The topological polar surface area (TPSA) is 78.3 Å². The van der Waals surface area contributed by atoms with Crippen LogP contribution in [0.25, 0.3) is 28.1 Å². The Morgan fingerprint density at radius 2 is 1.96 bits per heavy atom. The van der Waals surface area contributed by atoms with Crippen molar-refractivity contribution in [2.24, 2.45) is 0 Å². The highest BCUT2D eigenvalue weighted by molar-refractivity contribution is 6.01. The van der Waals surface area contributed by atoms with Gasteiger partial charge in [-0.2, -0.15) is 0 Å². The van der Waals surface area contributed by atoms with Gasteiger partial charge in [0.1, 0.15) is 17.3 Å². The summed E-state index contributed by atoms with van der Waals surface area (Å²) < 4.78 is 13.9. The molecule has 0 bridgehead atoms. The number of aromatic nitrogens is 2. The highest BCUT2D eigenvalue weighted by Crippen LogP contribution is 2.38. The standard InChI is InChI=1S/C21H20FN3O2/c1-3-12-4-6-16(18(26)8-12)19-15-7-5-13(22)9-17(15)20(25-24-19)23-14-10-21(2,27)11-14/h3-9,14,26-27H,1,10-11H2,2H3,(H,23,25). The van der Waals surface area contributed by atoms with Crippen molar-refractivity contribution < 1.29 is 14.6 Å². The van der Waals surface area contributed by atoms with Crippen LogP contribution in [-0.2, 0) is 0 Å². The first-order valence-electron chi connectivity index (χ1n) is 8.77. The number of rotatable bonds is 4. The molecule has 6 heteroatoms. The molecule has 0 spiro atoms. The molecule has 4 rings (SSSR count). The lowest BCUT2D eigenvalue weighted by Crippen LogP contribution is -2.48. The van der Waals surface area contributed by atoms with Crippen LogP contribution < -0.4 is 5.32 Å². The Balaban J connectivity index is 1.80. The number of halogens is 1. The van der Waals surface area contributed by atoms with Gasteiger partial charge < -0.3 is 15.5 Å². The SMILES string of the molecule is C=Cc1ccc(-c2nnc(NC3CC(C)(O)C3)c3cc(F)ccc23)c(O)c1. The van der Waals surface area contributed by atoms with E-state index in [-0.39, 0.29) is 17.6 Å². The average molecular weight is 365 g/mol. The Hall–Kier alpha value is -2.99. The molecular weight excluding hydrogens is 345 g/mol. The van der Waals surface area contributed by atoms with Gasteiger partial charge in [-0.3, -0.25) is 0 Å². The summed E-state index contributed by atoms with van der Waals surface area (Å²) in [5.74, 6) is 0.148. The fourth-order valence-electron chi connectivity index (χ4n) is 3.61. The second-order valence-corrected chi connectivity index (χ2v) is 7.31. The molecule has 5 nitrogen and oxygen atoms in total. The summed E-state index contributed by atoms with van der Waals surface area (Å²) in [5.41, 5.74) is 1.10. The first-order valence-corrected chi connectivity index (χ1v) is 8.77. The van der Waals surface area contributed by atoms with Crippen molar-refractivity contribution in [1.29, 1.82) is 0 Å². The van der Waals surface area contributed by atoms with Crippen LogP contribution in [0.5, 0.6) is 5.75 Å². The van der Waals surface area contributed by atoms with Crippen LogP contribution in [0.4, 0.5) is 10.2 Å². The van der Waals surface area contributed by atoms with Crippen LogP contribution in [0.2, 0.25) is 0 Å². The van der Waals surface area contributed by atoms with E-state index in [0.717, 1.165) is 5.56 Å². The van der Waals surface area contributed by atoms with Crippen molar-refractivity contribution in [3.63, 3.8) is 0 Å². The number of hydrogen-bond acceptors (Lipinski definition) is 5. The van der Waals surface area contributed by atoms with Crippen LogP contribution >= 0.6 is 0 Å². The molecule has 138 valence electrons. The van der Waals surface area contributed by atoms with Gasteiger partial charge in [0.2, 0.25) is 0 Å². The van der Waals surface area contributed by atoms with Gasteiger partial charge in [0.25, 0.3) is 0 Å². The first-order chi connectivity index (χ1) is 12.9. The highest BCUT2D eigenvalue weighted by Gasteiger charge is 2.38. The Labute approximate surface area is 156 Å². The quantitative estimate of drug-likeness (QED) is 0.648. The largest absolute Gasteiger partial charge is 0.507 e. The van der Waals surface area contributed by atoms with Gasteiger partial charge in [-0.15, -0.1) is 10.2 Å². The third-order valence-electron chi connectivity index (χ3n) is 4.97. The minimum Gasteiger partial charge on any atom is -0.507 e. The van der Waals surface area contributed by atoms with Crippen LogP contribution in [0.1, 0.15) is 25.3 Å². The van der Waals surface area contributed by atoms with Gasteiger partial charge in [0.05, 0.1) is 5.60 Å². The van der Waals surface area contributed by atoms with E-state index < -0.39 is 5.60 Å². The van der Waals surface area contributed by atoms with E-state index in [1.807, 2.05) is 6.07 Å². The van der Waals surface area contributed by atoms with Crippen LogP contribution in [0, 0.1) is 5.82 Å². The fourth-order valence-corrected chi connectivity index (χ4v) is 3.61. The third-order valence-corrected chi connectivity index (χ3v) is 4.97. The maximum Gasteiger partial charge on any atom is 0.156 e. The maximum atomic E-state index is 13.9. The molecule has 1 heterocycles. The predicted molar refractivity (Wildman–Crippen MR) is 104 cm³/mol. The van der Waals surface area contributed by atoms with Crippen LogP contribution in [0.15, 0.2) is 43.0 Å². The van der Waals surface area contributed by atoms with Gasteiger partial charge >= 0.3 is 0 Å². The number of phenolic OH excluding ortho intramolecular Hbond substituents is 1. The number of fused-ring (bicyclic) bond motifs is 1. The number of phenols is 1. The van der Waals surface area contributed by atoms with Crippen molar-refractivity contribution in [1.82, 2.24) is 10.2 Å². The second kappa shape index (κ2) is 6.32. The van der Waals surface area contributed by atoms with Gasteiger partial charge in [-0.25, -0.2) is 4.39 Å². The van der Waals surface area contributed by atoms with Crippen molar-refractivity contribution in [2.75, 3.05) is 5.32 Å². The molecule has 1 aromatic heterocycles. The number of nitrogens with one attached hydrogen (secondary N) is 1. The summed E-state index contributed by atoms with van der Waals surface area (Å²) in [6.45, 7) is 5.48.